The molecule has 0 saturated carbocycles. The number of nitrogens with zero attached hydrogens (tertiary/aromatic N) is 2. The molecule has 2 N–H and O–H groups in total. The maximum Gasteiger partial charge on any atom is 0.573 e. The van der Waals surface area contributed by atoms with E-state index in [1.165, 1.54) is 0 Å². The summed E-state index contributed by atoms with van der Waals surface area (Å²) >= 11 is 5.44. The second kappa shape index (κ2) is 3.82. The van der Waals surface area contributed by atoms with Crippen LogP contribution < -0.4 is 10.5 Å². The maximum absolute atomic E-state index is 11.8. The first-order valence-electron chi connectivity index (χ1n) is 3.45. The Kier molecular flexibility index (Phi) is 2.90. The number of rotatable bonds is 1. The second-order valence-corrected chi connectivity index (χ2v) is 2.77. The van der Waals surface area contributed by atoms with Crippen molar-refractivity contribution in [2.24, 2.45) is 0 Å². The highest BCUT2D eigenvalue weighted by Gasteiger charge is 2.32. The number of anilines is 1. The van der Waals surface area contributed by atoms with Gasteiger partial charge >= 0.3 is 6.36 Å². The Bertz CT molecular complexity index is 427. The van der Waals surface area contributed by atoms with E-state index in [0.717, 1.165) is 6.07 Å². The highest BCUT2D eigenvalue weighted by molar-refractivity contribution is 6.31. The average molecular weight is 238 g/mol. The Morgan fingerprint density at radius 2 is 2.13 bits per heavy atom. The van der Waals surface area contributed by atoms with Crippen LogP contribution in [0.1, 0.15) is 5.69 Å². The predicted molar refractivity (Wildman–Crippen MR) is 45.1 cm³/mol. The van der Waals surface area contributed by atoms with Gasteiger partial charge in [-0.2, -0.15) is 5.26 Å². The van der Waals surface area contributed by atoms with Crippen molar-refractivity contribution >= 4 is 17.4 Å². The van der Waals surface area contributed by atoms with E-state index in [1.54, 1.807) is 6.07 Å². The molecule has 0 unspecified atom stereocenters. The van der Waals surface area contributed by atoms with Gasteiger partial charge in [0, 0.05) is 6.07 Å². The monoisotopic (exact) mass is 237 g/mol. The number of nitriles is 1. The molecular formula is C7H3ClF3N3O. The van der Waals surface area contributed by atoms with Crippen molar-refractivity contribution in [2.45, 2.75) is 6.36 Å². The van der Waals surface area contributed by atoms with Crippen molar-refractivity contribution in [1.82, 2.24) is 4.98 Å². The van der Waals surface area contributed by atoms with Crippen LogP contribution in [0.2, 0.25) is 5.02 Å². The van der Waals surface area contributed by atoms with Crippen molar-refractivity contribution in [3.05, 3.63) is 16.8 Å². The number of hydrogen-bond donors (Lipinski definition) is 1. The zero-order valence-corrected chi connectivity index (χ0v) is 7.73. The normalized spacial score (nSPS) is 10.9. The zero-order chi connectivity index (χ0) is 11.6. The summed E-state index contributed by atoms with van der Waals surface area (Å²) in [6.45, 7) is 0. The van der Waals surface area contributed by atoms with E-state index in [1.807, 2.05) is 0 Å². The van der Waals surface area contributed by atoms with Gasteiger partial charge in [-0.1, -0.05) is 11.6 Å². The minimum Gasteiger partial charge on any atom is -0.402 e. The van der Waals surface area contributed by atoms with Gasteiger partial charge in [0.2, 0.25) is 0 Å². The molecule has 0 aliphatic heterocycles. The molecule has 4 nitrogen and oxygen atoms in total. The molecule has 1 aromatic rings. The third kappa shape index (κ3) is 2.89. The number of pyridine rings is 1. The summed E-state index contributed by atoms with van der Waals surface area (Å²) in [5.41, 5.74) is 4.87. The van der Waals surface area contributed by atoms with Crippen LogP contribution in [-0.4, -0.2) is 11.3 Å². The second-order valence-electron chi connectivity index (χ2n) is 2.36. The van der Waals surface area contributed by atoms with E-state index in [2.05, 4.69) is 9.72 Å². The molecule has 8 heteroatoms. The van der Waals surface area contributed by atoms with Crippen molar-refractivity contribution in [1.29, 1.82) is 5.26 Å². The molecule has 0 fully saturated rings. The summed E-state index contributed by atoms with van der Waals surface area (Å²) in [4.78, 5) is 3.34. The van der Waals surface area contributed by atoms with Gasteiger partial charge in [0.25, 0.3) is 0 Å². The van der Waals surface area contributed by atoms with E-state index >= 15 is 0 Å². The Morgan fingerprint density at radius 3 is 2.60 bits per heavy atom. The van der Waals surface area contributed by atoms with Crippen LogP contribution in [-0.2, 0) is 0 Å². The third-order valence-corrected chi connectivity index (χ3v) is 1.59. The molecule has 1 heterocycles. The summed E-state index contributed by atoms with van der Waals surface area (Å²) in [5.74, 6) is -1.28. The van der Waals surface area contributed by atoms with Gasteiger partial charge in [0.1, 0.15) is 6.07 Å². The molecule has 0 aromatic carbocycles. The maximum atomic E-state index is 11.8. The molecule has 15 heavy (non-hydrogen) atoms. The van der Waals surface area contributed by atoms with Crippen molar-refractivity contribution in [2.75, 3.05) is 5.73 Å². The molecule has 0 aliphatic rings. The molecule has 0 radical (unpaired) electrons. The Morgan fingerprint density at radius 1 is 1.53 bits per heavy atom. The number of aromatic nitrogens is 1. The quantitative estimate of drug-likeness (QED) is 0.812. The molecule has 1 rings (SSSR count). The van der Waals surface area contributed by atoms with Crippen LogP contribution in [0.4, 0.5) is 19.0 Å². The minimum atomic E-state index is -4.88. The van der Waals surface area contributed by atoms with Gasteiger partial charge in [-0.3, -0.25) is 0 Å². The lowest BCUT2D eigenvalue weighted by Gasteiger charge is -2.10. The number of hydrogen-bond acceptors (Lipinski definition) is 4. The van der Waals surface area contributed by atoms with Crippen LogP contribution >= 0.6 is 11.6 Å². The first-order chi connectivity index (χ1) is 6.83. The molecule has 0 aliphatic carbocycles. The first kappa shape index (κ1) is 11.4. The lowest BCUT2D eigenvalue weighted by atomic mass is 10.3. The van der Waals surface area contributed by atoms with Crippen LogP contribution in [0.15, 0.2) is 6.07 Å². The van der Waals surface area contributed by atoms with Gasteiger partial charge < -0.3 is 10.5 Å². The van der Waals surface area contributed by atoms with Crippen LogP contribution in [0.25, 0.3) is 0 Å². The summed E-state index contributed by atoms with van der Waals surface area (Å²) < 4.78 is 39.0. The van der Waals surface area contributed by atoms with Gasteiger partial charge in [0.15, 0.2) is 17.3 Å². The largest absolute Gasteiger partial charge is 0.573 e. The molecular weight excluding hydrogens is 235 g/mol. The average Bonchev–Trinajstić information content (AvgIpc) is 2.08. The van der Waals surface area contributed by atoms with Gasteiger partial charge in [0.05, 0.1) is 5.02 Å². The van der Waals surface area contributed by atoms with Gasteiger partial charge in [-0.15, -0.1) is 13.2 Å². The van der Waals surface area contributed by atoms with Crippen molar-refractivity contribution < 1.29 is 17.9 Å². The number of halogens is 4. The Labute approximate surface area is 87.0 Å². The molecule has 1 aromatic heterocycles. The summed E-state index contributed by atoms with van der Waals surface area (Å²) in [7, 11) is 0. The Hall–Kier alpha value is -1.68. The lowest BCUT2D eigenvalue weighted by molar-refractivity contribution is -0.274. The first-order valence-corrected chi connectivity index (χ1v) is 3.83. The minimum absolute atomic E-state index is 0.258. The topological polar surface area (TPSA) is 71.9 Å². The van der Waals surface area contributed by atoms with Crippen molar-refractivity contribution in [3.8, 4) is 11.8 Å². The van der Waals surface area contributed by atoms with Crippen LogP contribution in [0, 0.1) is 11.3 Å². The van der Waals surface area contributed by atoms with E-state index in [-0.39, 0.29) is 10.7 Å². The van der Waals surface area contributed by atoms with E-state index in [4.69, 9.17) is 22.6 Å². The highest BCUT2D eigenvalue weighted by atomic mass is 35.5. The zero-order valence-electron chi connectivity index (χ0n) is 6.97. The van der Waals surface area contributed by atoms with Crippen LogP contribution in [0.3, 0.4) is 0 Å². The predicted octanol–water partition coefficient (Wildman–Crippen LogP) is 2.09. The molecule has 0 bridgehead atoms. The molecule has 0 spiro atoms. The standard InChI is InChI=1S/C7H3ClF3N3O/c8-3-1-5(15-7(9,10)11)6(13)14-4(3)2-12/h1H,(H2,13,14). The molecule has 80 valence electrons. The fourth-order valence-electron chi connectivity index (χ4n) is 0.771. The Balaban J connectivity index is 3.13. The SMILES string of the molecule is N#Cc1nc(N)c(OC(F)(F)F)cc1Cl. The van der Waals surface area contributed by atoms with E-state index in [0.29, 0.717) is 0 Å². The third-order valence-electron chi connectivity index (χ3n) is 1.30. The summed E-state index contributed by atoms with van der Waals surface area (Å²) in [5, 5.41) is 8.19. The molecule has 0 saturated heterocycles. The number of alkyl halides is 3. The van der Waals surface area contributed by atoms with Crippen molar-refractivity contribution in [3.63, 3.8) is 0 Å². The number of nitrogens with two attached hydrogens (primary N) is 1. The smallest absolute Gasteiger partial charge is 0.402 e. The molecule has 0 atom stereocenters. The van der Waals surface area contributed by atoms with Gasteiger partial charge in [-0.25, -0.2) is 4.98 Å². The summed E-state index contributed by atoms with van der Waals surface area (Å²) in [6, 6.07) is 2.35. The lowest BCUT2D eigenvalue weighted by Crippen LogP contribution is -2.18. The fourth-order valence-corrected chi connectivity index (χ4v) is 0.955. The summed E-state index contributed by atoms with van der Waals surface area (Å²) in [6.07, 6.45) is -4.88. The van der Waals surface area contributed by atoms with E-state index < -0.39 is 17.9 Å². The van der Waals surface area contributed by atoms with Gasteiger partial charge in [-0.05, 0) is 0 Å². The molecule has 0 amide bonds. The number of nitrogen functional groups attached to an aromatic ring is 1. The van der Waals surface area contributed by atoms with E-state index in [9.17, 15) is 13.2 Å². The van der Waals surface area contributed by atoms with Crippen LogP contribution in [0.5, 0.6) is 5.75 Å². The highest BCUT2D eigenvalue weighted by Crippen LogP contribution is 2.30. The fraction of sp³-hybridized carbons (Fsp3) is 0.143. The number of ether oxygens (including phenoxy) is 1.